The van der Waals surface area contributed by atoms with E-state index in [1.807, 2.05) is 0 Å². The average molecular weight is 448 g/mol. The molecule has 0 aliphatic heterocycles. The summed E-state index contributed by atoms with van der Waals surface area (Å²) in [6.07, 6.45) is 8.75. The maximum Gasteiger partial charge on any atom is 0.243 e. The predicted octanol–water partition coefficient (Wildman–Crippen LogP) is 1.32. The van der Waals surface area contributed by atoms with E-state index >= 15 is 0 Å². The highest BCUT2D eigenvalue weighted by atomic mass is 16.6. The Morgan fingerprint density at radius 2 is 1.10 bits per heavy atom. The summed E-state index contributed by atoms with van der Waals surface area (Å²) in [7, 11) is 1.65. The van der Waals surface area contributed by atoms with Gasteiger partial charge in [-0.2, -0.15) is 0 Å². The maximum atomic E-state index is 5.61. The molecule has 0 aliphatic carbocycles. The Hall–Kier alpha value is -1.07. The number of hydrogen-bond donors (Lipinski definition) is 0. The van der Waals surface area contributed by atoms with E-state index in [-0.39, 0.29) is 0 Å². The average Bonchev–Trinajstić information content (AvgIpc) is 3.24. The maximum absolute atomic E-state index is 5.61. The summed E-state index contributed by atoms with van der Waals surface area (Å²) in [5.74, 6) is 0. The number of rotatable bonds is 24. The molecule has 0 fully saturated rings. The minimum absolute atomic E-state index is 0.550. The van der Waals surface area contributed by atoms with Crippen LogP contribution in [0.3, 0.4) is 0 Å². The molecular formula is C22H43N2O7+. The van der Waals surface area contributed by atoms with E-state index in [1.165, 1.54) is 12.8 Å². The molecule has 9 nitrogen and oxygen atoms in total. The molecule has 182 valence electrons. The molecule has 0 unspecified atom stereocenters. The van der Waals surface area contributed by atoms with Crippen molar-refractivity contribution in [2.24, 2.45) is 0 Å². The minimum atomic E-state index is 0.550. The predicted molar refractivity (Wildman–Crippen MR) is 116 cm³/mol. The molecule has 0 amide bonds. The van der Waals surface area contributed by atoms with Gasteiger partial charge in [-0.3, -0.25) is 0 Å². The van der Waals surface area contributed by atoms with Gasteiger partial charge in [0.15, 0.2) is 0 Å². The quantitative estimate of drug-likeness (QED) is 0.175. The fourth-order valence-corrected chi connectivity index (χ4v) is 2.56. The van der Waals surface area contributed by atoms with Crippen LogP contribution in [-0.2, 0) is 46.2 Å². The van der Waals surface area contributed by atoms with Crippen molar-refractivity contribution in [3.05, 3.63) is 18.7 Å². The number of hydrogen-bond acceptors (Lipinski definition) is 7. The fourth-order valence-electron chi connectivity index (χ4n) is 2.56. The van der Waals surface area contributed by atoms with Crippen LogP contribution in [0, 0.1) is 0 Å². The third kappa shape index (κ3) is 18.2. The van der Waals surface area contributed by atoms with Crippen LogP contribution < -0.4 is 4.57 Å². The van der Waals surface area contributed by atoms with E-state index in [9.17, 15) is 0 Å². The van der Waals surface area contributed by atoms with Gasteiger partial charge in [0.05, 0.1) is 92.4 Å². The van der Waals surface area contributed by atoms with Gasteiger partial charge in [-0.1, -0.05) is 13.3 Å². The Kier molecular flexibility index (Phi) is 20.0. The molecule has 0 bridgehead atoms. The first-order valence-electron chi connectivity index (χ1n) is 11.4. The monoisotopic (exact) mass is 447 g/mol. The highest BCUT2D eigenvalue weighted by Crippen LogP contribution is 1.90. The van der Waals surface area contributed by atoms with E-state index in [2.05, 4.69) is 34.8 Å². The molecule has 1 aromatic heterocycles. The SMILES string of the molecule is CCCC[n+]1ccn(CCOCCOCCOCCOCCOCCOCCOC)c1. The van der Waals surface area contributed by atoms with Crippen molar-refractivity contribution in [3.8, 4) is 0 Å². The summed E-state index contributed by atoms with van der Waals surface area (Å²) >= 11 is 0. The second-order valence-corrected chi connectivity index (χ2v) is 6.91. The van der Waals surface area contributed by atoms with Crippen molar-refractivity contribution in [2.45, 2.75) is 32.9 Å². The number of ether oxygens (including phenoxy) is 7. The lowest BCUT2D eigenvalue weighted by atomic mass is 10.3. The lowest BCUT2D eigenvalue weighted by Crippen LogP contribution is -2.30. The summed E-state index contributed by atoms with van der Waals surface area (Å²) in [5.41, 5.74) is 0. The molecule has 1 rings (SSSR count). The summed E-state index contributed by atoms with van der Waals surface area (Å²) in [6, 6.07) is 0. The number of nitrogens with zero attached hydrogens (tertiary/aromatic N) is 2. The smallest absolute Gasteiger partial charge is 0.243 e. The molecule has 0 atom stereocenters. The van der Waals surface area contributed by atoms with Crippen molar-refractivity contribution in [1.82, 2.24) is 4.57 Å². The summed E-state index contributed by atoms with van der Waals surface area (Å²) in [6.45, 7) is 11.7. The number of unbranched alkanes of at least 4 members (excludes halogenated alkanes) is 1. The standard InChI is InChI=1S/C22H43N2O7/c1-3-4-5-23-6-7-24(22-23)8-9-26-12-13-28-16-17-30-20-21-31-19-18-29-15-14-27-11-10-25-2/h6-7,22H,3-5,8-21H2,1-2H3/q+1. The molecule has 1 aromatic rings. The van der Waals surface area contributed by atoms with E-state index in [0.29, 0.717) is 85.9 Å². The van der Waals surface area contributed by atoms with Crippen LogP contribution in [0.1, 0.15) is 19.8 Å². The molecule has 1 heterocycles. The van der Waals surface area contributed by atoms with Crippen molar-refractivity contribution < 1.29 is 37.7 Å². The Bertz CT molecular complexity index is 488. The molecule has 0 spiro atoms. The van der Waals surface area contributed by atoms with Crippen molar-refractivity contribution >= 4 is 0 Å². The third-order valence-corrected chi connectivity index (χ3v) is 4.30. The first-order chi connectivity index (χ1) is 15.4. The Morgan fingerprint density at radius 3 is 1.55 bits per heavy atom. The van der Waals surface area contributed by atoms with Gasteiger partial charge in [0, 0.05) is 7.11 Å². The normalized spacial score (nSPS) is 11.4. The van der Waals surface area contributed by atoms with Crippen LogP contribution in [0.15, 0.2) is 18.7 Å². The fraction of sp³-hybridized carbons (Fsp3) is 0.864. The van der Waals surface area contributed by atoms with Gasteiger partial charge < -0.3 is 33.2 Å². The van der Waals surface area contributed by atoms with Crippen LogP contribution in [-0.4, -0.2) is 97.6 Å². The topological polar surface area (TPSA) is 73.4 Å². The van der Waals surface area contributed by atoms with Gasteiger partial charge in [0.25, 0.3) is 0 Å². The molecular weight excluding hydrogens is 404 g/mol. The zero-order valence-corrected chi connectivity index (χ0v) is 19.5. The molecule has 0 saturated heterocycles. The Morgan fingerprint density at radius 1 is 0.645 bits per heavy atom. The Labute approximate surface area is 187 Å². The van der Waals surface area contributed by atoms with E-state index < -0.39 is 0 Å². The van der Waals surface area contributed by atoms with E-state index in [1.54, 1.807) is 7.11 Å². The Balaban J connectivity index is 1.72. The summed E-state index contributed by atoms with van der Waals surface area (Å²) < 4.78 is 41.9. The lowest BCUT2D eigenvalue weighted by Gasteiger charge is -2.08. The van der Waals surface area contributed by atoms with Crippen molar-refractivity contribution in [1.29, 1.82) is 0 Å². The van der Waals surface area contributed by atoms with Gasteiger partial charge in [-0.15, -0.1) is 0 Å². The van der Waals surface area contributed by atoms with Gasteiger partial charge >= 0.3 is 0 Å². The van der Waals surface area contributed by atoms with Crippen LogP contribution in [0.2, 0.25) is 0 Å². The summed E-state index contributed by atoms with van der Waals surface area (Å²) in [4.78, 5) is 0. The molecule has 0 saturated carbocycles. The van der Waals surface area contributed by atoms with Crippen LogP contribution in [0.4, 0.5) is 0 Å². The van der Waals surface area contributed by atoms with Crippen molar-refractivity contribution in [3.63, 3.8) is 0 Å². The van der Waals surface area contributed by atoms with Gasteiger partial charge in [-0.05, 0) is 6.42 Å². The van der Waals surface area contributed by atoms with Crippen LogP contribution >= 0.6 is 0 Å². The van der Waals surface area contributed by atoms with E-state index in [4.69, 9.17) is 33.2 Å². The largest absolute Gasteiger partial charge is 0.382 e. The van der Waals surface area contributed by atoms with Gasteiger partial charge in [-0.25, -0.2) is 9.13 Å². The number of aromatic nitrogens is 2. The minimum Gasteiger partial charge on any atom is -0.382 e. The van der Waals surface area contributed by atoms with E-state index in [0.717, 1.165) is 13.1 Å². The van der Waals surface area contributed by atoms with Crippen LogP contribution in [0.5, 0.6) is 0 Å². The zero-order valence-electron chi connectivity index (χ0n) is 19.5. The second-order valence-electron chi connectivity index (χ2n) is 6.91. The zero-order chi connectivity index (χ0) is 22.2. The summed E-state index contributed by atoms with van der Waals surface area (Å²) in [5, 5.41) is 0. The first-order valence-corrected chi connectivity index (χ1v) is 11.4. The lowest BCUT2D eigenvalue weighted by molar-refractivity contribution is -0.696. The highest BCUT2D eigenvalue weighted by molar-refractivity contribution is 4.65. The van der Waals surface area contributed by atoms with Gasteiger partial charge in [0.2, 0.25) is 6.33 Å². The molecule has 0 aromatic carbocycles. The molecule has 0 N–H and O–H groups in total. The highest BCUT2D eigenvalue weighted by Gasteiger charge is 2.02. The molecule has 0 aliphatic rings. The number of methoxy groups -OCH3 is 1. The first kappa shape index (κ1) is 28.0. The second kappa shape index (κ2) is 22.1. The molecule has 9 heteroatoms. The van der Waals surface area contributed by atoms with Gasteiger partial charge in [0.1, 0.15) is 18.9 Å². The van der Waals surface area contributed by atoms with Crippen LogP contribution in [0.25, 0.3) is 0 Å². The van der Waals surface area contributed by atoms with Crippen molar-refractivity contribution in [2.75, 3.05) is 93.0 Å². The third-order valence-electron chi connectivity index (χ3n) is 4.30. The number of imidazole rings is 1. The molecule has 31 heavy (non-hydrogen) atoms. The number of aryl methyl sites for hydroxylation is 1. The molecule has 0 radical (unpaired) electrons.